The van der Waals surface area contributed by atoms with Gasteiger partial charge >= 0.3 is 0 Å². The van der Waals surface area contributed by atoms with Gasteiger partial charge in [0.1, 0.15) is 5.75 Å². The Labute approximate surface area is 94.0 Å². The number of nitrogens with zero attached hydrogens (tertiary/aromatic N) is 2. The predicted octanol–water partition coefficient (Wildman–Crippen LogP) is 0.305. The largest absolute Gasteiger partial charge is 0.508 e. The number of amides is 1. The molecule has 0 atom stereocenters. The number of hydrogen-bond donors (Lipinski definition) is 2. The number of hydrazine groups is 1. The first-order chi connectivity index (χ1) is 7.72. The lowest BCUT2D eigenvalue weighted by molar-refractivity contribution is -0.128. The molecule has 1 aromatic carbocycles. The molecule has 1 amide bonds. The first-order valence-electron chi connectivity index (χ1n) is 5.29. The zero-order valence-electron chi connectivity index (χ0n) is 8.97. The second-order valence-corrected chi connectivity index (χ2v) is 3.70. The van der Waals surface area contributed by atoms with Crippen LogP contribution in [0.1, 0.15) is 6.42 Å². The molecule has 5 heteroatoms. The van der Waals surface area contributed by atoms with E-state index in [1.807, 2.05) is 5.01 Å². The Kier molecular flexibility index (Phi) is 2.96. The number of phenolic OH excluding ortho intramolecular Hbond substituents is 1. The monoisotopic (exact) mass is 221 g/mol. The maximum Gasteiger partial charge on any atom is 0.242 e. The van der Waals surface area contributed by atoms with Crippen molar-refractivity contribution in [2.45, 2.75) is 6.42 Å². The van der Waals surface area contributed by atoms with Crippen LogP contribution in [0.5, 0.6) is 5.75 Å². The fraction of sp³-hybridized carbons (Fsp3) is 0.364. The average Bonchev–Trinajstić information content (AvgIpc) is 2.63. The molecule has 0 radical (unpaired) electrons. The molecule has 1 aliphatic rings. The van der Waals surface area contributed by atoms with Crippen LogP contribution in [0.25, 0.3) is 0 Å². The molecule has 0 aromatic heterocycles. The van der Waals surface area contributed by atoms with Gasteiger partial charge in [0.2, 0.25) is 5.91 Å². The Morgan fingerprint density at radius 3 is 2.62 bits per heavy atom. The molecule has 1 aliphatic heterocycles. The fourth-order valence-electron chi connectivity index (χ4n) is 1.85. The molecular weight excluding hydrogens is 206 g/mol. The van der Waals surface area contributed by atoms with Gasteiger partial charge in [0.05, 0.1) is 12.2 Å². The highest BCUT2D eigenvalue weighted by Gasteiger charge is 2.28. The van der Waals surface area contributed by atoms with E-state index < -0.39 is 0 Å². The molecule has 0 unspecified atom stereocenters. The molecule has 0 saturated carbocycles. The summed E-state index contributed by atoms with van der Waals surface area (Å²) in [6, 6.07) is 6.80. The van der Waals surface area contributed by atoms with E-state index in [9.17, 15) is 9.90 Å². The minimum atomic E-state index is 0.0959. The Balaban J connectivity index is 2.19. The van der Waals surface area contributed by atoms with Gasteiger partial charge in [-0.3, -0.25) is 14.8 Å². The molecule has 0 spiro atoms. The topological polar surface area (TPSA) is 69.8 Å². The standard InChI is InChI=1S/C11H15N3O2/c12-6-8-14-11(16)5-7-13(14)9-1-3-10(15)4-2-9/h1-4,15H,5-8,12H2. The zero-order valence-corrected chi connectivity index (χ0v) is 8.97. The number of phenols is 1. The van der Waals surface area contributed by atoms with Crippen molar-refractivity contribution in [1.29, 1.82) is 0 Å². The van der Waals surface area contributed by atoms with E-state index in [4.69, 9.17) is 5.73 Å². The van der Waals surface area contributed by atoms with Crippen LogP contribution in [0.3, 0.4) is 0 Å². The van der Waals surface area contributed by atoms with E-state index in [-0.39, 0.29) is 11.7 Å². The molecular formula is C11H15N3O2. The first kappa shape index (κ1) is 10.8. The molecule has 3 N–H and O–H groups in total. The average molecular weight is 221 g/mol. The van der Waals surface area contributed by atoms with Crippen molar-refractivity contribution in [3.63, 3.8) is 0 Å². The van der Waals surface area contributed by atoms with Crippen molar-refractivity contribution < 1.29 is 9.90 Å². The van der Waals surface area contributed by atoms with Gasteiger partial charge in [0, 0.05) is 19.5 Å². The first-order valence-corrected chi connectivity index (χ1v) is 5.29. The number of carbonyl (C=O) groups excluding carboxylic acids is 1. The highest BCUT2D eigenvalue weighted by molar-refractivity contribution is 5.81. The van der Waals surface area contributed by atoms with Crippen LogP contribution in [-0.2, 0) is 4.79 Å². The maximum absolute atomic E-state index is 11.6. The zero-order chi connectivity index (χ0) is 11.5. The summed E-state index contributed by atoms with van der Waals surface area (Å²) in [6.07, 6.45) is 0.515. The highest BCUT2D eigenvalue weighted by Crippen LogP contribution is 2.23. The SMILES string of the molecule is NCCN1C(=O)CCN1c1ccc(O)cc1. The van der Waals surface area contributed by atoms with E-state index in [0.29, 0.717) is 26.1 Å². The van der Waals surface area contributed by atoms with E-state index in [1.165, 1.54) is 0 Å². The Bertz CT molecular complexity index is 377. The molecule has 1 aromatic rings. The molecule has 0 bridgehead atoms. The molecule has 16 heavy (non-hydrogen) atoms. The van der Waals surface area contributed by atoms with E-state index in [0.717, 1.165) is 5.69 Å². The number of nitrogens with two attached hydrogens (primary N) is 1. The predicted molar refractivity (Wildman–Crippen MR) is 60.8 cm³/mol. The van der Waals surface area contributed by atoms with Crippen LogP contribution in [-0.4, -0.2) is 35.7 Å². The summed E-state index contributed by atoms with van der Waals surface area (Å²) >= 11 is 0. The van der Waals surface area contributed by atoms with Crippen LogP contribution in [0.4, 0.5) is 5.69 Å². The molecule has 2 rings (SSSR count). The van der Waals surface area contributed by atoms with Gasteiger partial charge in [-0.25, -0.2) is 0 Å². The van der Waals surface area contributed by atoms with Gasteiger partial charge in [-0.15, -0.1) is 0 Å². The highest BCUT2D eigenvalue weighted by atomic mass is 16.3. The molecule has 1 heterocycles. The second kappa shape index (κ2) is 4.40. The Morgan fingerprint density at radius 2 is 2.00 bits per heavy atom. The van der Waals surface area contributed by atoms with Crippen molar-refractivity contribution in [3.05, 3.63) is 24.3 Å². The third kappa shape index (κ3) is 1.94. The summed E-state index contributed by atoms with van der Waals surface area (Å²) in [5.74, 6) is 0.318. The number of benzene rings is 1. The lowest BCUT2D eigenvalue weighted by Crippen LogP contribution is -2.42. The number of rotatable bonds is 3. The smallest absolute Gasteiger partial charge is 0.242 e. The van der Waals surface area contributed by atoms with Gasteiger partial charge in [-0.2, -0.15) is 0 Å². The lowest BCUT2D eigenvalue weighted by Gasteiger charge is -2.29. The fourth-order valence-corrected chi connectivity index (χ4v) is 1.85. The van der Waals surface area contributed by atoms with Gasteiger partial charge in [0.15, 0.2) is 0 Å². The summed E-state index contributed by atoms with van der Waals surface area (Å²) in [5, 5.41) is 12.8. The summed E-state index contributed by atoms with van der Waals surface area (Å²) in [6.45, 7) is 1.64. The van der Waals surface area contributed by atoms with Crippen LogP contribution >= 0.6 is 0 Å². The number of hydrogen-bond acceptors (Lipinski definition) is 4. The molecule has 0 aliphatic carbocycles. The van der Waals surface area contributed by atoms with Crippen molar-refractivity contribution in [3.8, 4) is 5.75 Å². The van der Waals surface area contributed by atoms with Gasteiger partial charge in [0.25, 0.3) is 0 Å². The van der Waals surface area contributed by atoms with Crippen LogP contribution in [0.15, 0.2) is 24.3 Å². The Morgan fingerprint density at radius 1 is 1.31 bits per heavy atom. The van der Waals surface area contributed by atoms with E-state index >= 15 is 0 Å². The van der Waals surface area contributed by atoms with Crippen molar-refractivity contribution >= 4 is 11.6 Å². The normalized spacial score (nSPS) is 15.9. The lowest BCUT2D eigenvalue weighted by atomic mass is 10.3. The second-order valence-electron chi connectivity index (χ2n) is 3.70. The van der Waals surface area contributed by atoms with Crippen LogP contribution in [0.2, 0.25) is 0 Å². The molecule has 86 valence electrons. The minimum absolute atomic E-state index is 0.0959. The van der Waals surface area contributed by atoms with Gasteiger partial charge < -0.3 is 10.8 Å². The number of carbonyl (C=O) groups is 1. The van der Waals surface area contributed by atoms with Crippen LogP contribution in [0, 0.1) is 0 Å². The number of anilines is 1. The molecule has 5 nitrogen and oxygen atoms in total. The third-order valence-corrected chi connectivity index (χ3v) is 2.61. The van der Waals surface area contributed by atoms with Gasteiger partial charge in [-0.1, -0.05) is 0 Å². The summed E-state index contributed by atoms with van der Waals surface area (Å²) in [7, 11) is 0. The molecule has 1 saturated heterocycles. The Hall–Kier alpha value is -1.75. The third-order valence-electron chi connectivity index (χ3n) is 2.61. The minimum Gasteiger partial charge on any atom is -0.508 e. The molecule has 1 fully saturated rings. The van der Waals surface area contributed by atoms with Crippen molar-refractivity contribution in [2.24, 2.45) is 5.73 Å². The van der Waals surface area contributed by atoms with E-state index in [2.05, 4.69) is 0 Å². The quantitative estimate of drug-likeness (QED) is 0.770. The van der Waals surface area contributed by atoms with Crippen molar-refractivity contribution in [1.82, 2.24) is 5.01 Å². The number of aromatic hydroxyl groups is 1. The maximum atomic E-state index is 11.6. The summed E-state index contributed by atoms with van der Waals surface area (Å²) in [4.78, 5) is 11.6. The van der Waals surface area contributed by atoms with Gasteiger partial charge in [-0.05, 0) is 24.3 Å². The summed E-state index contributed by atoms with van der Waals surface area (Å²) < 4.78 is 0. The van der Waals surface area contributed by atoms with E-state index in [1.54, 1.807) is 29.3 Å². The summed E-state index contributed by atoms with van der Waals surface area (Å²) in [5.41, 5.74) is 6.37. The van der Waals surface area contributed by atoms with Crippen LogP contribution < -0.4 is 10.7 Å². The van der Waals surface area contributed by atoms with Crippen molar-refractivity contribution in [2.75, 3.05) is 24.6 Å².